The maximum absolute atomic E-state index is 13.4. The van der Waals surface area contributed by atoms with Gasteiger partial charge in [0.2, 0.25) is 0 Å². The van der Waals surface area contributed by atoms with Crippen LogP contribution in [0.2, 0.25) is 0 Å². The van der Waals surface area contributed by atoms with E-state index in [1.165, 1.54) is 6.07 Å². The maximum Gasteiger partial charge on any atom is 0.186 e. The summed E-state index contributed by atoms with van der Waals surface area (Å²) >= 11 is 3.17. The smallest absolute Gasteiger partial charge is 0.186 e. The molecule has 0 fully saturated rings. The van der Waals surface area contributed by atoms with E-state index in [9.17, 15) is 4.39 Å². The molecule has 14 heavy (non-hydrogen) atoms. The van der Waals surface area contributed by atoms with Gasteiger partial charge in [-0.05, 0) is 19.1 Å². The molecule has 0 amide bonds. The highest BCUT2D eigenvalue weighted by atomic mass is 79.9. The Morgan fingerprint density at radius 3 is 2.64 bits per heavy atom. The Bertz CT molecular complexity index is 361. The van der Waals surface area contributed by atoms with Crippen molar-refractivity contribution in [1.29, 1.82) is 0 Å². The molecule has 1 aromatic carbocycles. The molecule has 0 unspecified atom stereocenters. The number of nitrogens with zero attached hydrogens (tertiary/aromatic N) is 1. The quantitative estimate of drug-likeness (QED) is 0.630. The van der Waals surface area contributed by atoms with Crippen LogP contribution < -0.4 is 11.5 Å². The molecular weight excluding hydrogens is 249 g/mol. The van der Waals surface area contributed by atoms with Crippen LogP contribution in [0.5, 0.6) is 0 Å². The van der Waals surface area contributed by atoms with E-state index in [0.717, 1.165) is 0 Å². The van der Waals surface area contributed by atoms with Gasteiger partial charge in [0.25, 0.3) is 0 Å². The molecule has 0 saturated carbocycles. The Kier molecular flexibility index (Phi) is 3.46. The molecular formula is C9H11BrFN3. The maximum atomic E-state index is 13.4. The number of rotatable bonds is 2. The highest BCUT2D eigenvalue weighted by Gasteiger charge is 2.09. The van der Waals surface area contributed by atoms with E-state index in [2.05, 4.69) is 20.9 Å². The SMILES string of the molecule is C[C@H](N=C(N)N)c1ccc(Br)cc1F. The fourth-order valence-electron chi connectivity index (χ4n) is 1.13. The molecule has 0 radical (unpaired) electrons. The van der Waals surface area contributed by atoms with Crippen molar-refractivity contribution in [3.8, 4) is 0 Å². The molecule has 5 heteroatoms. The van der Waals surface area contributed by atoms with E-state index >= 15 is 0 Å². The van der Waals surface area contributed by atoms with Crippen molar-refractivity contribution in [2.45, 2.75) is 13.0 Å². The van der Waals surface area contributed by atoms with E-state index in [1.54, 1.807) is 19.1 Å². The second-order valence-corrected chi connectivity index (χ2v) is 3.81. The zero-order valence-corrected chi connectivity index (χ0v) is 9.25. The highest BCUT2D eigenvalue weighted by Crippen LogP contribution is 2.22. The van der Waals surface area contributed by atoms with Gasteiger partial charge in [-0.15, -0.1) is 0 Å². The average molecular weight is 260 g/mol. The van der Waals surface area contributed by atoms with Gasteiger partial charge in [0.15, 0.2) is 5.96 Å². The van der Waals surface area contributed by atoms with Crippen LogP contribution in [0.15, 0.2) is 27.7 Å². The number of hydrogen-bond acceptors (Lipinski definition) is 1. The van der Waals surface area contributed by atoms with Gasteiger partial charge in [-0.25, -0.2) is 9.38 Å². The molecule has 0 saturated heterocycles. The molecule has 0 aromatic heterocycles. The molecule has 3 nitrogen and oxygen atoms in total. The molecule has 1 rings (SSSR count). The first-order chi connectivity index (χ1) is 6.50. The molecule has 0 aliphatic heterocycles. The Labute approximate surface area is 90.1 Å². The first-order valence-electron chi connectivity index (χ1n) is 4.04. The van der Waals surface area contributed by atoms with Crippen molar-refractivity contribution in [2.24, 2.45) is 16.5 Å². The Morgan fingerprint density at radius 1 is 1.50 bits per heavy atom. The summed E-state index contributed by atoms with van der Waals surface area (Å²) in [6.07, 6.45) is 0. The molecule has 0 aliphatic carbocycles. The number of guanidine groups is 1. The molecule has 0 heterocycles. The first-order valence-corrected chi connectivity index (χ1v) is 4.83. The lowest BCUT2D eigenvalue weighted by atomic mass is 10.1. The van der Waals surface area contributed by atoms with Crippen LogP contribution in [0.3, 0.4) is 0 Å². The van der Waals surface area contributed by atoms with Gasteiger partial charge in [-0.3, -0.25) is 0 Å². The monoisotopic (exact) mass is 259 g/mol. The summed E-state index contributed by atoms with van der Waals surface area (Å²) < 4.78 is 14.1. The van der Waals surface area contributed by atoms with Crippen molar-refractivity contribution in [1.82, 2.24) is 0 Å². The van der Waals surface area contributed by atoms with Gasteiger partial charge in [0, 0.05) is 10.0 Å². The first kappa shape index (κ1) is 11.0. The number of halogens is 2. The number of hydrogen-bond donors (Lipinski definition) is 2. The third kappa shape index (κ3) is 2.70. The van der Waals surface area contributed by atoms with E-state index in [4.69, 9.17) is 11.5 Å². The minimum Gasteiger partial charge on any atom is -0.370 e. The minimum atomic E-state index is -0.368. The van der Waals surface area contributed by atoms with Crippen LogP contribution in [0.1, 0.15) is 18.5 Å². The van der Waals surface area contributed by atoms with Crippen LogP contribution >= 0.6 is 15.9 Å². The molecule has 0 aliphatic rings. The zero-order chi connectivity index (χ0) is 10.7. The molecule has 4 N–H and O–H groups in total. The van der Waals surface area contributed by atoms with Gasteiger partial charge in [-0.2, -0.15) is 0 Å². The lowest BCUT2D eigenvalue weighted by Gasteiger charge is -2.08. The predicted octanol–water partition coefficient (Wildman–Crippen LogP) is 1.92. The van der Waals surface area contributed by atoms with Crippen LogP contribution in [-0.2, 0) is 0 Å². The molecule has 76 valence electrons. The predicted molar refractivity (Wildman–Crippen MR) is 58.3 cm³/mol. The fraction of sp³-hybridized carbons (Fsp3) is 0.222. The number of aliphatic imine (C=N–C) groups is 1. The number of nitrogens with two attached hydrogens (primary N) is 2. The molecule has 1 aromatic rings. The summed E-state index contributed by atoms with van der Waals surface area (Å²) in [6, 6.07) is 4.41. The van der Waals surface area contributed by atoms with Crippen molar-refractivity contribution in [2.75, 3.05) is 0 Å². The van der Waals surface area contributed by atoms with Crippen molar-refractivity contribution in [3.63, 3.8) is 0 Å². The summed E-state index contributed by atoms with van der Waals surface area (Å²) in [5.41, 5.74) is 10.9. The second-order valence-electron chi connectivity index (χ2n) is 2.90. The van der Waals surface area contributed by atoms with E-state index < -0.39 is 0 Å². The van der Waals surface area contributed by atoms with Gasteiger partial charge in [-0.1, -0.05) is 22.0 Å². The summed E-state index contributed by atoms with van der Waals surface area (Å²) in [5, 5.41) is 0. The molecule has 0 spiro atoms. The third-order valence-electron chi connectivity index (χ3n) is 1.76. The van der Waals surface area contributed by atoms with E-state index in [0.29, 0.717) is 10.0 Å². The zero-order valence-electron chi connectivity index (χ0n) is 7.67. The Hall–Kier alpha value is -1.10. The minimum absolute atomic E-state index is 0.0418. The summed E-state index contributed by atoms with van der Waals surface area (Å²) in [5.74, 6) is -0.364. The van der Waals surface area contributed by atoms with Gasteiger partial charge in [0.1, 0.15) is 5.82 Å². The van der Waals surface area contributed by atoms with Crippen LogP contribution in [0.4, 0.5) is 4.39 Å². The van der Waals surface area contributed by atoms with Crippen LogP contribution in [-0.4, -0.2) is 5.96 Å². The topological polar surface area (TPSA) is 64.4 Å². The van der Waals surface area contributed by atoms with Crippen molar-refractivity contribution in [3.05, 3.63) is 34.1 Å². The standard InChI is InChI=1S/C9H11BrFN3/c1-5(14-9(12)13)7-3-2-6(10)4-8(7)11/h2-5H,1H3,(H4,12,13,14)/t5-/m0/s1. The average Bonchev–Trinajstić information content (AvgIpc) is 2.01. The highest BCUT2D eigenvalue weighted by molar-refractivity contribution is 9.10. The van der Waals surface area contributed by atoms with Gasteiger partial charge in [0.05, 0.1) is 6.04 Å². The van der Waals surface area contributed by atoms with Crippen molar-refractivity contribution < 1.29 is 4.39 Å². The van der Waals surface area contributed by atoms with Crippen molar-refractivity contribution >= 4 is 21.9 Å². The van der Waals surface area contributed by atoms with Gasteiger partial charge >= 0.3 is 0 Å². The Morgan fingerprint density at radius 2 is 2.14 bits per heavy atom. The summed E-state index contributed by atoms with van der Waals surface area (Å²) in [6.45, 7) is 1.73. The van der Waals surface area contributed by atoms with Gasteiger partial charge < -0.3 is 11.5 Å². The van der Waals surface area contributed by atoms with E-state index in [1.807, 2.05) is 0 Å². The number of benzene rings is 1. The molecule has 0 bridgehead atoms. The lowest BCUT2D eigenvalue weighted by Crippen LogP contribution is -2.23. The Balaban J connectivity index is 3.02. The largest absolute Gasteiger partial charge is 0.370 e. The normalized spacial score (nSPS) is 12.2. The lowest BCUT2D eigenvalue weighted by molar-refractivity contribution is 0.593. The van der Waals surface area contributed by atoms with Crippen LogP contribution in [0.25, 0.3) is 0 Å². The fourth-order valence-corrected chi connectivity index (χ4v) is 1.47. The summed E-state index contributed by atoms with van der Waals surface area (Å²) in [7, 11) is 0. The summed E-state index contributed by atoms with van der Waals surface area (Å²) in [4.78, 5) is 3.86. The second kappa shape index (κ2) is 4.41. The van der Waals surface area contributed by atoms with E-state index in [-0.39, 0.29) is 17.8 Å². The third-order valence-corrected chi connectivity index (χ3v) is 2.25. The molecule has 1 atom stereocenters. The van der Waals surface area contributed by atoms with Crippen LogP contribution in [0, 0.1) is 5.82 Å².